The largest absolute Gasteiger partial charge is 0.316 e. The molecule has 0 bridgehead atoms. The van der Waals surface area contributed by atoms with Gasteiger partial charge in [-0.2, -0.15) is 4.99 Å². The second-order valence-corrected chi connectivity index (χ2v) is 9.76. The molecule has 2 heterocycles. The molecule has 130 valence electrons. The van der Waals surface area contributed by atoms with Gasteiger partial charge in [0.25, 0.3) is 0 Å². The van der Waals surface area contributed by atoms with Crippen LogP contribution in [0.3, 0.4) is 0 Å². The van der Waals surface area contributed by atoms with Gasteiger partial charge in [0.2, 0.25) is 5.91 Å². The molecule has 5 nitrogen and oxygen atoms in total. The van der Waals surface area contributed by atoms with Crippen molar-refractivity contribution in [3.05, 3.63) is 29.8 Å². The number of aliphatic imine (C=N–C) groups is 1. The monoisotopic (exact) mass is 366 g/mol. The zero-order valence-electron chi connectivity index (χ0n) is 13.9. The smallest absolute Gasteiger partial charge is 0.248 e. The molecule has 2 saturated heterocycles. The SMILES string of the molecule is CCCCC(=O)N=C1S[C@@H]2CS(=O)(=O)C[C@H]2N1c1cccc(C)c1. The summed E-state index contributed by atoms with van der Waals surface area (Å²) in [6.07, 6.45) is 2.22. The van der Waals surface area contributed by atoms with Gasteiger partial charge in [0.1, 0.15) is 0 Å². The lowest BCUT2D eigenvalue weighted by atomic mass is 10.1. The lowest BCUT2D eigenvalue weighted by molar-refractivity contribution is -0.117. The predicted molar refractivity (Wildman–Crippen MR) is 99.4 cm³/mol. The van der Waals surface area contributed by atoms with Crippen LogP contribution in [0.2, 0.25) is 0 Å². The molecule has 24 heavy (non-hydrogen) atoms. The lowest BCUT2D eigenvalue weighted by Crippen LogP contribution is -2.37. The number of hydrogen-bond acceptors (Lipinski definition) is 4. The molecule has 1 aromatic carbocycles. The minimum atomic E-state index is -3.03. The fourth-order valence-electron chi connectivity index (χ4n) is 3.13. The van der Waals surface area contributed by atoms with Crippen molar-refractivity contribution in [2.45, 2.75) is 44.4 Å². The quantitative estimate of drug-likeness (QED) is 0.820. The summed E-state index contributed by atoms with van der Waals surface area (Å²) in [5.74, 6) is 0.160. The first-order valence-corrected chi connectivity index (χ1v) is 10.9. The molecular weight excluding hydrogens is 344 g/mol. The van der Waals surface area contributed by atoms with E-state index in [4.69, 9.17) is 0 Å². The highest BCUT2D eigenvalue weighted by atomic mass is 32.2. The average molecular weight is 367 g/mol. The highest BCUT2D eigenvalue weighted by molar-refractivity contribution is 8.16. The first-order chi connectivity index (χ1) is 11.4. The van der Waals surface area contributed by atoms with Gasteiger partial charge in [-0.15, -0.1) is 0 Å². The molecule has 0 spiro atoms. The second-order valence-electron chi connectivity index (χ2n) is 6.40. The first-order valence-electron chi connectivity index (χ1n) is 8.24. The minimum absolute atomic E-state index is 0.0479. The lowest BCUT2D eigenvalue weighted by Gasteiger charge is -2.24. The third-order valence-electron chi connectivity index (χ3n) is 4.31. The topological polar surface area (TPSA) is 66.8 Å². The standard InChI is InChI=1S/C17H22N2O3S2/c1-3-4-8-16(20)18-17-19(13-7-5-6-12(2)9-13)14-10-24(21,22)11-15(14)23-17/h5-7,9,14-15H,3-4,8,10-11H2,1-2H3/t14-,15-/m1/s1. The van der Waals surface area contributed by atoms with E-state index in [1.807, 2.05) is 43.0 Å². The van der Waals surface area contributed by atoms with Crippen molar-refractivity contribution >= 4 is 38.4 Å². The van der Waals surface area contributed by atoms with E-state index in [0.29, 0.717) is 11.6 Å². The van der Waals surface area contributed by atoms with Crippen LogP contribution >= 0.6 is 11.8 Å². The van der Waals surface area contributed by atoms with E-state index >= 15 is 0 Å². The van der Waals surface area contributed by atoms with Crippen LogP contribution in [0.15, 0.2) is 29.3 Å². The fourth-order valence-corrected chi connectivity index (χ4v) is 7.07. The zero-order valence-corrected chi connectivity index (χ0v) is 15.6. The summed E-state index contributed by atoms with van der Waals surface area (Å²) in [7, 11) is -3.03. The van der Waals surface area contributed by atoms with Gasteiger partial charge in [0.15, 0.2) is 15.0 Å². The van der Waals surface area contributed by atoms with Crippen LogP contribution in [-0.4, -0.2) is 42.3 Å². The molecule has 0 aliphatic carbocycles. The van der Waals surface area contributed by atoms with Gasteiger partial charge in [0, 0.05) is 17.4 Å². The van der Waals surface area contributed by atoms with Gasteiger partial charge in [-0.05, 0) is 31.0 Å². The Kier molecular flexibility index (Phi) is 5.01. The van der Waals surface area contributed by atoms with Crippen LogP contribution in [-0.2, 0) is 14.6 Å². The van der Waals surface area contributed by atoms with Gasteiger partial charge >= 0.3 is 0 Å². The summed E-state index contributed by atoms with van der Waals surface area (Å²) in [5, 5.41) is 0.597. The Labute approximate surface area is 147 Å². The Bertz CT molecular complexity index is 774. The van der Waals surface area contributed by atoms with Gasteiger partial charge in [-0.1, -0.05) is 37.2 Å². The molecule has 1 amide bonds. The van der Waals surface area contributed by atoms with Crippen molar-refractivity contribution in [1.29, 1.82) is 0 Å². The molecule has 0 N–H and O–H groups in total. The highest BCUT2D eigenvalue weighted by Gasteiger charge is 2.49. The number of hydrogen-bond donors (Lipinski definition) is 0. The number of unbranched alkanes of at least 4 members (excludes halogenated alkanes) is 1. The zero-order chi connectivity index (χ0) is 17.3. The first kappa shape index (κ1) is 17.5. The highest BCUT2D eigenvalue weighted by Crippen LogP contribution is 2.41. The number of rotatable bonds is 4. The molecule has 2 fully saturated rings. The normalized spacial score (nSPS) is 26.8. The molecule has 0 radical (unpaired) electrons. The summed E-state index contributed by atoms with van der Waals surface area (Å²) in [6, 6.07) is 7.77. The number of sulfone groups is 1. The molecule has 0 aromatic heterocycles. The van der Waals surface area contributed by atoms with E-state index in [9.17, 15) is 13.2 Å². The van der Waals surface area contributed by atoms with Crippen molar-refractivity contribution in [3.63, 3.8) is 0 Å². The maximum absolute atomic E-state index is 12.1. The van der Waals surface area contributed by atoms with E-state index in [1.54, 1.807) is 0 Å². The number of benzene rings is 1. The summed E-state index contributed by atoms with van der Waals surface area (Å²) in [4.78, 5) is 18.4. The molecule has 2 atom stereocenters. The number of carbonyl (C=O) groups excluding carboxylic acids is 1. The van der Waals surface area contributed by atoms with E-state index in [2.05, 4.69) is 4.99 Å². The van der Waals surface area contributed by atoms with Gasteiger partial charge in [0.05, 0.1) is 17.5 Å². The Hall–Kier alpha value is -1.34. The molecular formula is C17H22N2O3S2. The van der Waals surface area contributed by atoms with E-state index < -0.39 is 9.84 Å². The van der Waals surface area contributed by atoms with E-state index in [1.165, 1.54) is 11.8 Å². The molecule has 1 aromatic rings. The summed E-state index contributed by atoms with van der Waals surface area (Å²) in [5.41, 5.74) is 2.01. The molecule has 2 aliphatic heterocycles. The Morgan fingerprint density at radius 1 is 1.38 bits per heavy atom. The second kappa shape index (κ2) is 6.88. The van der Waals surface area contributed by atoms with Crippen LogP contribution < -0.4 is 4.90 Å². The van der Waals surface area contributed by atoms with Crippen molar-refractivity contribution in [3.8, 4) is 0 Å². The third-order valence-corrected chi connectivity index (χ3v) is 7.52. The molecule has 3 rings (SSSR count). The van der Waals surface area contributed by atoms with Gasteiger partial charge in [-0.3, -0.25) is 4.79 Å². The summed E-state index contributed by atoms with van der Waals surface area (Å²) >= 11 is 1.43. The van der Waals surface area contributed by atoms with Crippen LogP contribution in [0.25, 0.3) is 0 Å². The fraction of sp³-hybridized carbons (Fsp3) is 0.529. The van der Waals surface area contributed by atoms with Crippen molar-refractivity contribution in [2.24, 2.45) is 4.99 Å². The third kappa shape index (κ3) is 3.67. The van der Waals surface area contributed by atoms with Crippen LogP contribution in [0.1, 0.15) is 31.7 Å². The van der Waals surface area contributed by atoms with Gasteiger partial charge < -0.3 is 4.90 Å². The number of anilines is 1. The number of carbonyl (C=O) groups is 1. The molecule has 7 heteroatoms. The molecule has 2 aliphatic rings. The number of amides is 1. The van der Waals surface area contributed by atoms with Crippen molar-refractivity contribution in [1.82, 2.24) is 0 Å². The molecule has 0 saturated carbocycles. The predicted octanol–water partition coefficient (Wildman–Crippen LogP) is 2.79. The summed E-state index contributed by atoms with van der Waals surface area (Å²) in [6.45, 7) is 4.04. The Morgan fingerprint density at radius 3 is 2.88 bits per heavy atom. The number of amidine groups is 1. The minimum Gasteiger partial charge on any atom is -0.316 e. The summed E-state index contributed by atoms with van der Waals surface area (Å²) < 4.78 is 24.0. The number of thioether (sulfide) groups is 1. The van der Waals surface area contributed by atoms with Crippen molar-refractivity contribution in [2.75, 3.05) is 16.4 Å². The molecule has 0 unspecified atom stereocenters. The van der Waals surface area contributed by atoms with Crippen LogP contribution in [0, 0.1) is 6.92 Å². The van der Waals surface area contributed by atoms with Gasteiger partial charge in [-0.25, -0.2) is 8.42 Å². The Morgan fingerprint density at radius 2 is 2.17 bits per heavy atom. The van der Waals surface area contributed by atoms with Crippen LogP contribution in [0.4, 0.5) is 5.69 Å². The Balaban J connectivity index is 1.94. The van der Waals surface area contributed by atoms with E-state index in [-0.39, 0.29) is 28.7 Å². The number of fused-ring (bicyclic) bond motifs is 1. The number of aryl methyl sites for hydroxylation is 1. The van der Waals surface area contributed by atoms with Crippen molar-refractivity contribution < 1.29 is 13.2 Å². The number of nitrogens with zero attached hydrogens (tertiary/aromatic N) is 2. The maximum atomic E-state index is 12.1. The maximum Gasteiger partial charge on any atom is 0.248 e. The average Bonchev–Trinajstić information content (AvgIpc) is 2.96. The van der Waals surface area contributed by atoms with E-state index in [0.717, 1.165) is 24.1 Å². The van der Waals surface area contributed by atoms with Crippen LogP contribution in [0.5, 0.6) is 0 Å².